The van der Waals surface area contributed by atoms with Crippen LogP contribution in [-0.4, -0.2) is 12.6 Å². The Morgan fingerprint density at radius 1 is 1.08 bits per heavy atom. The first-order chi connectivity index (χ1) is 12.0. The molecule has 0 spiro atoms. The highest BCUT2D eigenvalue weighted by molar-refractivity contribution is 6.32. The molecular weight excluding hydrogens is 334 g/mol. The highest BCUT2D eigenvalue weighted by atomic mass is 35.5. The Kier molecular flexibility index (Phi) is 7.60. The number of ether oxygens (including phenoxy) is 2. The fourth-order valence-corrected chi connectivity index (χ4v) is 2.81. The van der Waals surface area contributed by atoms with Crippen LogP contribution in [0.4, 0.5) is 0 Å². The molecule has 0 aliphatic heterocycles. The monoisotopic (exact) mass is 361 g/mol. The van der Waals surface area contributed by atoms with Crippen LogP contribution in [0.3, 0.4) is 0 Å². The first kappa shape index (κ1) is 19.6. The molecule has 3 nitrogen and oxygen atoms in total. The van der Waals surface area contributed by atoms with E-state index in [0.717, 1.165) is 24.1 Å². The average molecular weight is 362 g/mol. The van der Waals surface area contributed by atoms with E-state index in [-0.39, 0.29) is 0 Å². The van der Waals surface area contributed by atoms with Gasteiger partial charge in [0.05, 0.1) is 11.6 Å². The molecule has 25 heavy (non-hydrogen) atoms. The second-order valence-corrected chi connectivity index (χ2v) is 6.71. The molecule has 136 valence electrons. The number of benzene rings is 2. The molecule has 0 aliphatic rings. The summed E-state index contributed by atoms with van der Waals surface area (Å²) in [7, 11) is 0. The molecule has 2 rings (SSSR count). The SMILES string of the molecule is CCOc1cc(CN[C@H](C)CC)cc(Cl)c1OCc1cccc(C)c1. The van der Waals surface area contributed by atoms with E-state index in [4.69, 9.17) is 21.1 Å². The molecular formula is C21H28ClNO2. The van der Waals surface area contributed by atoms with Gasteiger partial charge in [0, 0.05) is 12.6 Å². The second kappa shape index (κ2) is 9.69. The van der Waals surface area contributed by atoms with Crippen LogP contribution in [0.2, 0.25) is 5.02 Å². The summed E-state index contributed by atoms with van der Waals surface area (Å²) in [5.41, 5.74) is 3.42. The quantitative estimate of drug-likeness (QED) is 0.638. The van der Waals surface area contributed by atoms with E-state index < -0.39 is 0 Å². The Balaban J connectivity index is 2.15. The molecule has 0 heterocycles. The summed E-state index contributed by atoms with van der Waals surface area (Å²) in [6, 6.07) is 12.7. The highest BCUT2D eigenvalue weighted by Crippen LogP contribution is 2.37. The summed E-state index contributed by atoms with van der Waals surface area (Å²) in [6.07, 6.45) is 1.09. The summed E-state index contributed by atoms with van der Waals surface area (Å²) >= 11 is 6.48. The van der Waals surface area contributed by atoms with Gasteiger partial charge in [-0.15, -0.1) is 0 Å². The van der Waals surface area contributed by atoms with Crippen molar-refractivity contribution >= 4 is 11.6 Å². The smallest absolute Gasteiger partial charge is 0.180 e. The maximum Gasteiger partial charge on any atom is 0.180 e. The minimum absolute atomic E-state index is 0.464. The zero-order chi connectivity index (χ0) is 18.2. The lowest BCUT2D eigenvalue weighted by Gasteiger charge is -2.17. The van der Waals surface area contributed by atoms with Gasteiger partial charge >= 0.3 is 0 Å². The molecule has 0 radical (unpaired) electrons. The summed E-state index contributed by atoms with van der Waals surface area (Å²) in [6.45, 7) is 10.2. The van der Waals surface area contributed by atoms with Crippen molar-refractivity contribution in [1.29, 1.82) is 0 Å². The lowest BCUT2D eigenvalue weighted by atomic mass is 10.1. The van der Waals surface area contributed by atoms with Gasteiger partial charge in [-0.05, 0) is 50.5 Å². The van der Waals surface area contributed by atoms with Gasteiger partial charge in [-0.1, -0.05) is 48.4 Å². The summed E-state index contributed by atoms with van der Waals surface area (Å²) in [5.74, 6) is 1.31. The van der Waals surface area contributed by atoms with Gasteiger partial charge in [0.2, 0.25) is 0 Å². The van der Waals surface area contributed by atoms with Gasteiger partial charge in [0.25, 0.3) is 0 Å². The van der Waals surface area contributed by atoms with Crippen LogP contribution in [0.1, 0.15) is 43.9 Å². The van der Waals surface area contributed by atoms with Crippen LogP contribution in [-0.2, 0) is 13.2 Å². The van der Waals surface area contributed by atoms with E-state index >= 15 is 0 Å². The maximum absolute atomic E-state index is 6.48. The molecule has 0 saturated carbocycles. The first-order valence-electron chi connectivity index (χ1n) is 8.90. The molecule has 4 heteroatoms. The number of rotatable bonds is 9. The van der Waals surface area contributed by atoms with E-state index in [9.17, 15) is 0 Å². The fourth-order valence-electron chi connectivity index (χ4n) is 2.52. The van der Waals surface area contributed by atoms with Crippen molar-refractivity contribution in [3.63, 3.8) is 0 Å². The number of halogens is 1. The molecule has 0 amide bonds. The second-order valence-electron chi connectivity index (χ2n) is 6.31. The van der Waals surface area contributed by atoms with Gasteiger partial charge in [-0.2, -0.15) is 0 Å². The lowest BCUT2D eigenvalue weighted by Crippen LogP contribution is -2.24. The van der Waals surface area contributed by atoms with Crippen molar-refractivity contribution < 1.29 is 9.47 Å². The number of nitrogens with one attached hydrogen (secondary N) is 1. The van der Waals surface area contributed by atoms with Crippen LogP contribution in [0.5, 0.6) is 11.5 Å². The van der Waals surface area contributed by atoms with Crippen LogP contribution in [0, 0.1) is 6.92 Å². The van der Waals surface area contributed by atoms with E-state index in [1.165, 1.54) is 5.56 Å². The minimum atomic E-state index is 0.464. The minimum Gasteiger partial charge on any atom is -0.490 e. The normalized spacial score (nSPS) is 12.0. The summed E-state index contributed by atoms with van der Waals surface area (Å²) in [4.78, 5) is 0. The third-order valence-corrected chi connectivity index (χ3v) is 4.38. The number of aryl methyl sites for hydroxylation is 1. The van der Waals surface area contributed by atoms with Crippen molar-refractivity contribution in [2.45, 2.75) is 53.3 Å². The van der Waals surface area contributed by atoms with Gasteiger partial charge in [-0.25, -0.2) is 0 Å². The molecule has 0 aromatic heterocycles. The van der Waals surface area contributed by atoms with Crippen LogP contribution >= 0.6 is 11.6 Å². The van der Waals surface area contributed by atoms with Gasteiger partial charge in [-0.3, -0.25) is 0 Å². The van der Waals surface area contributed by atoms with Crippen molar-refractivity contribution in [2.24, 2.45) is 0 Å². The Hall–Kier alpha value is -1.71. The molecule has 2 aromatic carbocycles. The van der Waals surface area contributed by atoms with Crippen molar-refractivity contribution in [1.82, 2.24) is 5.32 Å². The Bertz CT molecular complexity index is 688. The molecule has 1 N–H and O–H groups in total. The average Bonchev–Trinajstić information content (AvgIpc) is 2.59. The van der Waals surface area contributed by atoms with Crippen LogP contribution in [0.25, 0.3) is 0 Å². The number of hydrogen-bond donors (Lipinski definition) is 1. The molecule has 0 bridgehead atoms. The van der Waals surface area contributed by atoms with Gasteiger partial charge in [0.1, 0.15) is 6.61 Å². The Labute approximate surface area is 156 Å². The zero-order valence-electron chi connectivity index (χ0n) is 15.6. The molecule has 0 saturated heterocycles. The van der Waals surface area contributed by atoms with Gasteiger partial charge < -0.3 is 14.8 Å². The summed E-state index contributed by atoms with van der Waals surface area (Å²) in [5, 5.41) is 4.06. The fraction of sp³-hybridized carbons (Fsp3) is 0.429. The van der Waals surface area contributed by atoms with Crippen molar-refractivity contribution in [3.8, 4) is 11.5 Å². The lowest BCUT2D eigenvalue weighted by molar-refractivity contribution is 0.269. The standard InChI is InChI=1S/C21H28ClNO2/c1-5-16(4)23-13-18-11-19(22)21(20(12-18)24-6-2)25-14-17-9-7-8-15(3)10-17/h7-12,16,23H,5-6,13-14H2,1-4H3/t16-/m1/s1. The van der Waals surface area contributed by atoms with Crippen molar-refractivity contribution in [3.05, 3.63) is 58.1 Å². The van der Waals surface area contributed by atoms with E-state index in [0.29, 0.717) is 35.8 Å². The molecule has 1 atom stereocenters. The number of hydrogen-bond acceptors (Lipinski definition) is 3. The predicted molar refractivity (Wildman–Crippen MR) is 105 cm³/mol. The third-order valence-electron chi connectivity index (χ3n) is 4.10. The van der Waals surface area contributed by atoms with Crippen LogP contribution < -0.4 is 14.8 Å². The maximum atomic E-state index is 6.48. The summed E-state index contributed by atoms with van der Waals surface area (Å²) < 4.78 is 11.8. The Morgan fingerprint density at radius 2 is 1.88 bits per heavy atom. The predicted octanol–water partition coefficient (Wildman–Crippen LogP) is 5.51. The molecule has 2 aromatic rings. The highest BCUT2D eigenvalue weighted by Gasteiger charge is 2.13. The molecule has 0 unspecified atom stereocenters. The van der Waals surface area contributed by atoms with Crippen LogP contribution in [0.15, 0.2) is 36.4 Å². The molecule has 0 aliphatic carbocycles. The van der Waals surface area contributed by atoms with E-state index in [1.54, 1.807) is 0 Å². The third kappa shape index (κ3) is 5.94. The zero-order valence-corrected chi connectivity index (χ0v) is 16.3. The first-order valence-corrected chi connectivity index (χ1v) is 9.28. The van der Waals surface area contributed by atoms with Crippen molar-refractivity contribution in [2.75, 3.05) is 6.61 Å². The van der Waals surface area contributed by atoms with E-state index in [2.05, 4.69) is 38.2 Å². The van der Waals surface area contributed by atoms with Gasteiger partial charge in [0.15, 0.2) is 11.5 Å². The largest absolute Gasteiger partial charge is 0.490 e. The molecule has 0 fully saturated rings. The Morgan fingerprint density at radius 3 is 2.56 bits per heavy atom. The van der Waals surface area contributed by atoms with E-state index in [1.807, 2.05) is 31.2 Å². The topological polar surface area (TPSA) is 30.5 Å².